The molecule has 0 saturated heterocycles. The Morgan fingerprint density at radius 2 is 2.22 bits per heavy atom. The Morgan fingerprint density at radius 3 is 2.83 bits per heavy atom. The highest BCUT2D eigenvalue weighted by molar-refractivity contribution is 5.43. The third-order valence-electron chi connectivity index (χ3n) is 2.63. The lowest BCUT2D eigenvalue weighted by molar-refractivity contribution is 0.203. The van der Waals surface area contributed by atoms with E-state index < -0.39 is 0 Å². The Bertz CT molecular complexity index is 344. The van der Waals surface area contributed by atoms with Crippen LogP contribution in [0.1, 0.15) is 27.2 Å². The Morgan fingerprint density at radius 1 is 1.44 bits per heavy atom. The molecule has 102 valence electrons. The van der Waals surface area contributed by atoms with Gasteiger partial charge in [-0.05, 0) is 26.3 Å². The minimum Gasteiger partial charge on any atom is -0.383 e. The van der Waals surface area contributed by atoms with E-state index in [2.05, 4.69) is 41.0 Å². The summed E-state index contributed by atoms with van der Waals surface area (Å²) in [5.41, 5.74) is 0. The molecule has 1 aromatic rings. The zero-order valence-electron chi connectivity index (χ0n) is 11.8. The molecule has 0 amide bonds. The van der Waals surface area contributed by atoms with Crippen LogP contribution < -0.4 is 10.2 Å². The van der Waals surface area contributed by atoms with Gasteiger partial charge < -0.3 is 15.0 Å². The average Bonchev–Trinajstić information content (AvgIpc) is 2.37. The first-order chi connectivity index (χ1) is 8.69. The minimum atomic E-state index is 0.383. The van der Waals surface area contributed by atoms with Crippen molar-refractivity contribution >= 4 is 11.8 Å². The maximum atomic E-state index is 5.14. The molecule has 0 aliphatic carbocycles. The third kappa shape index (κ3) is 4.49. The third-order valence-corrected chi connectivity index (χ3v) is 2.63. The van der Waals surface area contributed by atoms with Gasteiger partial charge in [0.2, 0.25) is 5.95 Å². The first-order valence-corrected chi connectivity index (χ1v) is 6.51. The standard InChI is InChI=1S/C13H24N4O/c1-5-7-14-13-15-8-6-12(16-13)17(11(2)3)9-10-18-4/h6,8,11H,5,7,9-10H2,1-4H3,(H,14,15,16). The maximum absolute atomic E-state index is 5.14. The number of ether oxygens (including phenoxy) is 1. The normalized spacial score (nSPS) is 10.7. The highest BCUT2D eigenvalue weighted by Crippen LogP contribution is 2.14. The van der Waals surface area contributed by atoms with Crippen molar-refractivity contribution in [3.63, 3.8) is 0 Å². The first kappa shape index (κ1) is 14.7. The number of anilines is 2. The number of aromatic nitrogens is 2. The fraction of sp³-hybridized carbons (Fsp3) is 0.692. The molecular formula is C13H24N4O. The van der Waals surface area contributed by atoms with Crippen LogP contribution in [0.2, 0.25) is 0 Å². The van der Waals surface area contributed by atoms with Gasteiger partial charge in [-0.1, -0.05) is 6.92 Å². The molecule has 0 radical (unpaired) electrons. The zero-order valence-corrected chi connectivity index (χ0v) is 11.8. The van der Waals surface area contributed by atoms with Crippen molar-refractivity contribution in [2.24, 2.45) is 0 Å². The average molecular weight is 252 g/mol. The Balaban J connectivity index is 2.77. The molecule has 18 heavy (non-hydrogen) atoms. The zero-order chi connectivity index (χ0) is 13.4. The summed E-state index contributed by atoms with van der Waals surface area (Å²) in [5.74, 6) is 1.63. The van der Waals surface area contributed by atoms with E-state index in [4.69, 9.17) is 4.74 Å². The second-order valence-electron chi connectivity index (χ2n) is 4.45. The van der Waals surface area contributed by atoms with Crippen molar-refractivity contribution in [3.8, 4) is 0 Å². The molecule has 1 heterocycles. The van der Waals surface area contributed by atoms with Crippen LogP contribution in [0, 0.1) is 0 Å². The van der Waals surface area contributed by atoms with Gasteiger partial charge in [0, 0.05) is 32.4 Å². The number of methoxy groups -OCH3 is 1. The molecular weight excluding hydrogens is 228 g/mol. The van der Waals surface area contributed by atoms with E-state index in [1.165, 1.54) is 0 Å². The smallest absolute Gasteiger partial charge is 0.224 e. The lowest BCUT2D eigenvalue weighted by Gasteiger charge is -2.27. The fourth-order valence-corrected chi connectivity index (χ4v) is 1.66. The second-order valence-corrected chi connectivity index (χ2v) is 4.45. The summed E-state index contributed by atoms with van der Waals surface area (Å²) in [6.07, 6.45) is 2.85. The molecule has 1 rings (SSSR count). The molecule has 5 nitrogen and oxygen atoms in total. The van der Waals surface area contributed by atoms with Gasteiger partial charge in [0.1, 0.15) is 5.82 Å². The van der Waals surface area contributed by atoms with Crippen molar-refractivity contribution in [2.45, 2.75) is 33.2 Å². The topological polar surface area (TPSA) is 50.3 Å². The molecule has 0 bridgehead atoms. The van der Waals surface area contributed by atoms with Gasteiger partial charge in [0.25, 0.3) is 0 Å². The van der Waals surface area contributed by atoms with Crippen LogP contribution in [0.3, 0.4) is 0 Å². The number of hydrogen-bond acceptors (Lipinski definition) is 5. The number of nitrogens with zero attached hydrogens (tertiary/aromatic N) is 3. The van der Waals surface area contributed by atoms with E-state index in [-0.39, 0.29) is 0 Å². The van der Waals surface area contributed by atoms with E-state index in [1.807, 2.05) is 6.07 Å². The minimum absolute atomic E-state index is 0.383. The quantitative estimate of drug-likeness (QED) is 0.768. The van der Waals surface area contributed by atoms with Crippen LogP contribution in [0.25, 0.3) is 0 Å². The van der Waals surface area contributed by atoms with E-state index in [9.17, 15) is 0 Å². The molecule has 5 heteroatoms. The second kappa shape index (κ2) is 7.87. The summed E-state index contributed by atoms with van der Waals surface area (Å²) in [6, 6.07) is 2.32. The van der Waals surface area contributed by atoms with Crippen molar-refractivity contribution in [1.29, 1.82) is 0 Å². The van der Waals surface area contributed by atoms with Crippen LogP contribution in [-0.4, -0.2) is 42.8 Å². The lowest BCUT2D eigenvalue weighted by atomic mass is 10.3. The van der Waals surface area contributed by atoms with Gasteiger partial charge in [-0.25, -0.2) is 4.98 Å². The van der Waals surface area contributed by atoms with Gasteiger partial charge in [-0.2, -0.15) is 4.98 Å². The van der Waals surface area contributed by atoms with Crippen molar-refractivity contribution in [3.05, 3.63) is 12.3 Å². The van der Waals surface area contributed by atoms with Gasteiger partial charge in [0.05, 0.1) is 6.61 Å². The van der Waals surface area contributed by atoms with Gasteiger partial charge >= 0.3 is 0 Å². The summed E-state index contributed by atoms with van der Waals surface area (Å²) in [5, 5.41) is 3.20. The molecule has 1 N–H and O–H groups in total. The monoisotopic (exact) mass is 252 g/mol. The first-order valence-electron chi connectivity index (χ1n) is 6.51. The van der Waals surface area contributed by atoms with Crippen LogP contribution >= 0.6 is 0 Å². The molecule has 0 saturated carbocycles. The van der Waals surface area contributed by atoms with E-state index >= 15 is 0 Å². The van der Waals surface area contributed by atoms with Crippen LogP contribution in [0.4, 0.5) is 11.8 Å². The molecule has 0 spiro atoms. The molecule has 0 aromatic carbocycles. The molecule has 0 aliphatic heterocycles. The van der Waals surface area contributed by atoms with Crippen molar-refractivity contribution in [2.75, 3.05) is 37.0 Å². The predicted molar refractivity (Wildman–Crippen MR) is 75.2 cm³/mol. The molecule has 0 atom stereocenters. The molecule has 0 fully saturated rings. The molecule has 1 aromatic heterocycles. The van der Waals surface area contributed by atoms with Gasteiger partial charge in [0.15, 0.2) is 0 Å². The number of nitrogens with one attached hydrogen (secondary N) is 1. The van der Waals surface area contributed by atoms with Gasteiger partial charge in [-0.15, -0.1) is 0 Å². The van der Waals surface area contributed by atoms with Crippen LogP contribution in [0.5, 0.6) is 0 Å². The van der Waals surface area contributed by atoms with Gasteiger partial charge in [-0.3, -0.25) is 0 Å². The van der Waals surface area contributed by atoms with E-state index in [1.54, 1.807) is 13.3 Å². The fourth-order valence-electron chi connectivity index (χ4n) is 1.66. The number of rotatable bonds is 8. The van der Waals surface area contributed by atoms with E-state index in [0.717, 1.165) is 25.3 Å². The van der Waals surface area contributed by atoms with Crippen molar-refractivity contribution < 1.29 is 4.74 Å². The largest absolute Gasteiger partial charge is 0.383 e. The molecule has 0 aliphatic rings. The Hall–Kier alpha value is -1.36. The van der Waals surface area contributed by atoms with E-state index in [0.29, 0.717) is 18.6 Å². The Labute approximate surface area is 110 Å². The van der Waals surface area contributed by atoms with Crippen LogP contribution in [-0.2, 0) is 4.74 Å². The summed E-state index contributed by atoms with van der Waals surface area (Å²) >= 11 is 0. The predicted octanol–water partition coefficient (Wildman–Crippen LogP) is 2.16. The molecule has 0 unspecified atom stereocenters. The lowest BCUT2D eigenvalue weighted by Crippen LogP contribution is -2.34. The summed E-state index contributed by atoms with van der Waals surface area (Å²) in [7, 11) is 1.71. The SMILES string of the molecule is CCCNc1nccc(N(CCOC)C(C)C)n1. The summed E-state index contributed by atoms with van der Waals surface area (Å²) < 4.78 is 5.14. The van der Waals surface area contributed by atoms with Crippen LogP contribution in [0.15, 0.2) is 12.3 Å². The Kier molecular flexibility index (Phi) is 6.43. The number of hydrogen-bond donors (Lipinski definition) is 1. The summed E-state index contributed by atoms with van der Waals surface area (Å²) in [4.78, 5) is 11.0. The summed E-state index contributed by atoms with van der Waals surface area (Å²) in [6.45, 7) is 8.84. The highest BCUT2D eigenvalue weighted by atomic mass is 16.5. The van der Waals surface area contributed by atoms with Crippen molar-refractivity contribution in [1.82, 2.24) is 9.97 Å². The highest BCUT2D eigenvalue weighted by Gasteiger charge is 2.12. The maximum Gasteiger partial charge on any atom is 0.224 e.